The Kier molecular flexibility index (Phi) is 1.78. The van der Waals surface area contributed by atoms with Crippen molar-refractivity contribution in [2.75, 3.05) is 0 Å². The lowest BCUT2D eigenvalue weighted by molar-refractivity contribution is 0.195. The third kappa shape index (κ3) is 1.10. The Hall–Kier alpha value is -0.0700. The number of hydrogen-bond donors (Lipinski definition) is 0. The van der Waals surface area contributed by atoms with Gasteiger partial charge in [-0.3, -0.25) is 0 Å². The number of alkyl halides is 1. The molecule has 1 unspecified atom stereocenters. The lowest BCUT2D eigenvalue weighted by Gasteiger charge is -2.15. The van der Waals surface area contributed by atoms with E-state index in [9.17, 15) is 4.39 Å². The molecule has 1 fully saturated rings. The normalized spacial score (nSPS) is 25.7. The molecule has 54 valence electrons. The molecule has 1 saturated carbocycles. The lowest BCUT2D eigenvalue weighted by Crippen LogP contribution is -2.14. The molecule has 1 aliphatic rings. The maximum Gasteiger partial charge on any atom is 0.105 e. The van der Waals surface area contributed by atoms with E-state index in [1.165, 1.54) is 0 Å². The van der Waals surface area contributed by atoms with Gasteiger partial charge in [-0.15, -0.1) is 0 Å². The summed E-state index contributed by atoms with van der Waals surface area (Å²) in [6.07, 6.45) is 3.45. The second kappa shape index (κ2) is 2.28. The average molecular weight is 130 g/mol. The fourth-order valence-corrected chi connectivity index (χ4v) is 1.48. The van der Waals surface area contributed by atoms with E-state index in [1.54, 1.807) is 0 Å². The highest BCUT2D eigenvalue weighted by Gasteiger charge is 2.47. The summed E-state index contributed by atoms with van der Waals surface area (Å²) in [6.45, 7) is 4.02. The van der Waals surface area contributed by atoms with E-state index in [2.05, 4.69) is 6.92 Å². The molecule has 0 saturated heterocycles. The molecule has 0 bridgehead atoms. The Bertz CT molecular complexity index is 94.7. The zero-order valence-electron chi connectivity index (χ0n) is 6.28. The van der Waals surface area contributed by atoms with Gasteiger partial charge in [0, 0.05) is 5.41 Å². The van der Waals surface area contributed by atoms with Crippen molar-refractivity contribution in [1.29, 1.82) is 0 Å². The molecule has 0 spiro atoms. The molecule has 0 heterocycles. The molecular formula is C8H15F. The van der Waals surface area contributed by atoms with E-state index in [-0.39, 0.29) is 5.41 Å². The van der Waals surface area contributed by atoms with Gasteiger partial charge in [0.25, 0.3) is 0 Å². The van der Waals surface area contributed by atoms with Crippen molar-refractivity contribution in [1.82, 2.24) is 0 Å². The number of halogens is 1. The largest absolute Gasteiger partial charge is 0.247 e. The topological polar surface area (TPSA) is 0 Å². The predicted molar refractivity (Wildman–Crippen MR) is 37.1 cm³/mol. The summed E-state index contributed by atoms with van der Waals surface area (Å²) >= 11 is 0. The summed E-state index contributed by atoms with van der Waals surface area (Å²) in [6, 6.07) is 0. The van der Waals surface area contributed by atoms with Crippen LogP contribution < -0.4 is 0 Å². The van der Waals surface area contributed by atoms with Crippen LogP contribution in [-0.2, 0) is 0 Å². The molecule has 1 atom stereocenters. The van der Waals surface area contributed by atoms with E-state index in [0.29, 0.717) is 6.42 Å². The minimum absolute atomic E-state index is 0.134. The van der Waals surface area contributed by atoms with Crippen LogP contribution in [0.3, 0.4) is 0 Å². The van der Waals surface area contributed by atoms with Gasteiger partial charge in [0.15, 0.2) is 0 Å². The van der Waals surface area contributed by atoms with Crippen LogP contribution in [0.2, 0.25) is 0 Å². The van der Waals surface area contributed by atoms with Crippen LogP contribution in [0.25, 0.3) is 0 Å². The predicted octanol–water partition coefficient (Wildman–Crippen LogP) is 2.92. The van der Waals surface area contributed by atoms with Crippen molar-refractivity contribution in [2.45, 2.75) is 45.7 Å². The van der Waals surface area contributed by atoms with E-state index in [0.717, 1.165) is 19.3 Å². The van der Waals surface area contributed by atoms with Crippen molar-refractivity contribution in [3.05, 3.63) is 0 Å². The summed E-state index contributed by atoms with van der Waals surface area (Å²) in [5.41, 5.74) is 0.134. The first-order chi connectivity index (χ1) is 4.25. The maximum atomic E-state index is 13.0. The minimum Gasteiger partial charge on any atom is -0.247 e. The molecule has 1 aliphatic carbocycles. The molecule has 1 rings (SSSR count). The molecular weight excluding hydrogens is 115 g/mol. The molecule has 0 aromatic heterocycles. The van der Waals surface area contributed by atoms with E-state index in [4.69, 9.17) is 0 Å². The summed E-state index contributed by atoms with van der Waals surface area (Å²) in [7, 11) is 0. The highest BCUT2D eigenvalue weighted by molar-refractivity contribution is 4.97. The van der Waals surface area contributed by atoms with Gasteiger partial charge >= 0.3 is 0 Å². The summed E-state index contributed by atoms with van der Waals surface area (Å²) in [5, 5.41) is 0. The maximum absolute atomic E-state index is 13.0. The van der Waals surface area contributed by atoms with E-state index < -0.39 is 6.17 Å². The van der Waals surface area contributed by atoms with Crippen molar-refractivity contribution in [3.8, 4) is 0 Å². The van der Waals surface area contributed by atoms with Crippen LogP contribution >= 0.6 is 0 Å². The SMILES string of the molecule is CCC(F)C1(CC)CC1. The first kappa shape index (κ1) is 7.04. The van der Waals surface area contributed by atoms with Crippen LogP contribution in [0.1, 0.15) is 39.5 Å². The molecule has 0 aromatic carbocycles. The third-order valence-corrected chi connectivity index (χ3v) is 2.62. The van der Waals surface area contributed by atoms with Crippen LogP contribution in [0.15, 0.2) is 0 Å². The number of rotatable bonds is 3. The van der Waals surface area contributed by atoms with Gasteiger partial charge in [0.2, 0.25) is 0 Å². The second-order valence-electron chi connectivity index (χ2n) is 3.09. The van der Waals surface area contributed by atoms with Gasteiger partial charge in [0.05, 0.1) is 0 Å². The third-order valence-electron chi connectivity index (χ3n) is 2.62. The Morgan fingerprint density at radius 2 is 2.00 bits per heavy atom. The van der Waals surface area contributed by atoms with Gasteiger partial charge < -0.3 is 0 Å². The molecule has 0 aliphatic heterocycles. The minimum atomic E-state index is -0.525. The molecule has 0 amide bonds. The Labute approximate surface area is 56.5 Å². The summed E-state index contributed by atoms with van der Waals surface area (Å²) < 4.78 is 13.0. The van der Waals surface area contributed by atoms with Gasteiger partial charge in [-0.25, -0.2) is 4.39 Å². The monoisotopic (exact) mass is 130 g/mol. The average Bonchev–Trinajstić information content (AvgIpc) is 2.66. The van der Waals surface area contributed by atoms with Crippen molar-refractivity contribution < 1.29 is 4.39 Å². The molecule has 9 heavy (non-hydrogen) atoms. The summed E-state index contributed by atoms with van der Waals surface area (Å²) in [4.78, 5) is 0. The van der Waals surface area contributed by atoms with E-state index in [1.807, 2.05) is 6.92 Å². The number of hydrogen-bond acceptors (Lipinski definition) is 0. The van der Waals surface area contributed by atoms with Gasteiger partial charge in [-0.05, 0) is 25.7 Å². The Balaban J connectivity index is 2.39. The second-order valence-corrected chi connectivity index (χ2v) is 3.09. The fourth-order valence-electron chi connectivity index (χ4n) is 1.48. The Morgan fingerprint density at radius 1 is 1.44 bits per heavy atom. The first-order valence-electron chi connectivity index (χ1n) is 3.89. The highest BCUT2D eigenvalue weighted by atomic mass is 19.1. The van der Waals surface area contributed by atoms with Crippen molar-refractivity contribution in [3.63, 3.8) is 0 Å². The van der Waals surface area contributed by atoms with E-state index >= 15 is 0 Å². The fraction of sp³-hybridized carbons (Fsp3) is 1.00. The van der Waals surface area contributed by atoms with Crippen molar-refractivity contribution >= 4 is 0 Å². The highest BCUT2D eigenvalue weighted by Crippen LogP contribution is 2.53. The summed E-state index contributed by atoms with van der Waals surface area (Å²) in [5.74, 6) is 0. The van der Waals surface area contributed by atoms with Crippen LogP contribution in [-0.4, -0.2) is 6.17 Å². The van der Waals surface area contributed by atoms with Gasteiger partial charge in [-0.2, -0.15) is 0 Å². The standard InChI is InChI=1S/C8H15F/c1-3-7(9)8(4-2)5-6-8/h7H,3-6H2,1-2H3. The molecule has 0 nitrogen and oxygen atoms in total. The lowest BCUT2D eigenvalue weighted by atomic mass is 9.96. The molecule has 0 aromatic rings. The first-order valence-corrected chi connectivity index (χ1v) is 3.89. The van der Waals surface area contributed by atoms with Crippen LogP contribution in [0, 0.1) is 5.41 Å². The molecule has 1 heteroatoms. The molecule has 0 radical (unpaired) electrons. The van der Waals surface area contributed by atoms with Gasteiger partial charge in [0.1, 0.15) is 6.17 Å². The quantitative estimate of drug-likeness (QED) is 0.551. The Morgan fingerprint density at radius 3 is 2.11 bits per heavy atom. The van der Waals surface area contributed by atoms with Gasteiger partial charge in [-0.1, -0.05) is 13.8 Å². The van der Waals surface area contributed by atoms with Crippen LogP contribution in [0.5, 0.6) is 0 Å². The molecule has 0 N–H and O–H groups in total. The zero-order chi connectivity index (χ0) is 6.91. The smallest absolute Gasteiger partial charge is 0.105 e. The van der Waals surface area contributed by atoms with Crippen LogP contribution in [0.4, 0.5) is 4.39 Å². The zero-order valence-corrected chi connectivity index (χ0v) is 6.28. The van der Waals surface area contributed by atoms with Crippen molar-refractivity contribution in [2.24, 2.45) is 5.41 Å².